The molecule has 1 heterocycles. The number of nitrogens with one attached hydrogen (secondary N) is 1. The Balaban J connectivity index is 1.36. The molecule has 29 heavy (non-hydrogen) atoms. The second kappa shape index (κ2) is 10.6. The predicted octanol–water partition coefficient (Wildman–Crippen LogP) is 3.36. The van der Waals surface area contributed by atoms with E-state index in [2.05, 4.69) is 5.32 Å². The number of aliphatic hydroxyl groups excluding tert-OH is 1. The zero-order valence-electron chi connectivity index (χ0n) is 16.6. The zero-order valence-corrected chi connectivity index (χ0v) is 16.6. The van der Waals surface area contributed by atoms with Gasteiger partial charge in [0.2, 0.25) is 0 Å². The third-order valence-electron chi connectivity index (χ3n) is 4.42. The lowest BCUT2D eigenvalue weighted by Crippen LogP contribution is -2.33. The summed E-state index contributed by atoms with van der Waals surface area (Å²) in [7, 11) is 0. The minimum Gasteiger partial charge on any atom is -0.492 e. The van der Waals surface area contributed by atoms with Gasteiger partial charge in [-0.3, -0.25) is 4.79 Å². The van der Waals surface area contributed by atoms with Crippen molar-refractivity contribution in [1.29, 1.82) is 0 Å². The van der Waals surface area contributed by atoms with E-state index in [9.17, 15) is 9.90 Å². The lowest BCUT2D eigenvalue weighted by Gasteiger charge is -2.13. The number of aliphatic hydroxyl groups is 1. The monoisotopic (exact) mass is 397 g/mol. The highest BCUT2D eigenvalue weighted by atomic mass is 16.5. The van der Waals surface area contributed by atoms with E-state index in [1.807, 2.05) is 61.5 Å². The maximum absolute atomic E-state index is 11.6. The number of hydrogen-bond acceptors (Lipinski definition) is 6. The molecular formula is C23H27NO5. The predicted molar refractivity (Wildman–Crippen MR) is 112 cm³/mol. The fraction of sp³-hybridized carbons (Fsp3) is 0.348. The first-order chi connectivity index (χ1) is 14.1. The van der Waals surface area contributed by atoms with Crippen LogP contribution < -0.4 is 14.8 Å². The first kappa shape index (κ1) is 20.9. The van der Waals surface area contributed by atoms with Gasteiger partial charge in [0, 0.05) is 24.9 Å². The van der Waals surface area contributed by atoms with Crippen molar-refractivity contribution in [3.8, 4) is 11.5 Å². The molecule has 0 fully saturated rings. The molecule has 0 bridgehead atoms. The number of carbonyl (C=O) groups excluding carboxylic acids is 1. The summed E-state index contributed by atoms with van der Waals surface area (Å²) < 4.78 is 17.0. The molecule has 3 rings (SSSR count). The third-order valence-corrected chi connectivity index (χ3v) is 4.42. The summed E-state index contributed by atoms with van der Waals surface area (Å²) in [6.07, 6.45) is 0.231. The SMILES string of the molecule is CCC(=O)Cc1cc2cc(OCCNC[C@H](O)COc3ccccc3)ccc2o1. The summed E-state index contributed by atoms with van der Waals surface area (Å²) in [4.78, 5) is 11.6. The van der Waals surface area contributed by atoms with E-state index in [0.717, 1.165) is 22.5 Å². The number of para-hydroxylation sites is 1. The minimum absolute atomic E-state index is 0.156. The third kappa shape index (κ3) is 6.62. The van der Waals surface area contributed by atoms with Crippen LogP contribution in [0.5, 0.6) is 11.5 Å². The number of hydrogen-bond donors (Lipinski definition) is 2. The van der Waals surface area contributed by atoms with E-state index < -0.39 is 6.10 Å². The molecule has 1 atom stereocenters. The van der Waals surface area contributed by atoms with Crippen LogP contribution >= 0.6 is 0 Å². The maximum Gasteiger partial charge on any atom is 0.140 e. The molecule has 0 aliphatic carbocycles. The summed E-state index contributed by atoms with van der Waals surface area (Å²) in [5.41, 5.74) is 0.746. The van der Waals surface area contributed by atoms with Crippen molar-refractivity contribution in [3.05, 3.63) is 60.4 Å². The number of ether oxygens (including phenoxy) is 2. The topological polar surface area (TPSA) is 80.9 Å². The van der Waals surface area contributed by atoms with Crippen LogP contribution in [0.4, 0.5) is 0 Å². The van der Waals surface area contributed by atoms with Crippen molar-refractivity contribution in [2.45, 2.75) is 25.9 Å². The van der Waals surface area contributed by atoms with Crippen LogP contribution in [-0.2, 0) is 11.2 Å². The van der Waals surface area contributed by atoms with Gasteiger partial charge in [0.25, 0.3) is 0 Å². The Morgan fingerprint density at radius 2 is 1.93 bits per heavy atom. The Hall–Kier alpha value is -2.83. The smallest absolute Gasteiger partial charge is 0.140 e. The Morgan fingerprint density at radius 1 is 1.10 bits per heavy atom. The quantitative estimate of drug-likeness (QED) is 0.456. The molecule has 0 aliphatic rings. The average Bonchev–Trinajstić information content (AvgIpc) is 3.14. The van der Waals surface area contributed by atoms with Gasteiger partial charge in [-0.1, -0.05) is 25.1 Å². The summed E-state index contributed by atoms with van der Waals surface area (Å²) in [6, 6.07) is 16.9. The molecule has 0 saturated heterocycles. The number of ketones is 1. The van der Waals surface area contributed by atoms with Crippen LogP contribution in [-0.4, -0.2) is 43.3 Å². The number of rotatable bonds is 12. The number of carbonyl (C=O) groups is 1. The van der Waals surface area contributed by atoms with Gasteiger partial charge < -0.3 is 24.3 Å². The van der Waals surface area contributed by atoms with Gasteiger partial charge >= 0.3 is 0 Å². The molecule has 0 unspecified atom stereocenters. The minimum atomic E-state index is -0.596. The second-order valence-electron chi connectivity index (χ2n) is 6.81. The van der Waals surface area contributed by atoms with Crippen molar-refractivity contribution < 1.29 is 23.8 Å². The molecule has 2 N–H and O–H groups in total. The standard InChI is InChI=1S/C23H27NO5/c1-2-18(25)14-22-13-17-12-21(8-9-23(17)29-22)27-11-10-24-15-19(26)16-28-20-6-4-3-5-7-20/h3-9,12-13,19,24,26H,2,10-11,14-16H2,1H3/t19-/m0/s1. The van der Waals surface area contributed by atoms with Gasteiger partial charge in [-0.05, 0) is 36.4 Å². The molecule has 6 nitrogen and oxygen atoms in total. The first-order valence-electron chi connectivity index (χ1n) is 9.87. The molecular weight excluding hydrogens is 370 g/mol. The number of furan rings is 1. The molecule has 2 aromatic carbocycles. The second-order valence-corrected chi connectivity index (χ2v) is 6.81. The van der Waals surface area contributed by atoms with Gasteiger partial charge in [0.1, 0.15) is 47.9 Å². The molecule has 0 spiro atoms. The normalized spacial score (nSPS) is 12.1. The van der Waals surface area contributed by atoms with Crippen LogP contribution in [0.25, 0.3) is 11.0 Å². The van der Waals surface area contributed by atoms with Gasteiger partial charge in [-0.2, -0.15) is 0 Å². The lowest BCUT2D eigenvalue weighted by molar-refractivity contribution is -0.118. The number of fused-ring (bicyclic) bond motifs is 1. The van der Waals surface area contributed by atoms with E-state index >= 15 is 0 Å². The highest BCUT2D eigenvalue weighted by Gasteiger charge is 2.09. The van der Waals surface area contributed by atoms with E-state index in [1.165, 1.54) is 0 Å². The van der Waals surface area contributed by atoms with E-state index in [1.54, 1.807) is 0 Å². The molecule has 0 radical (unpaired) electrons. The Labute approximate surface area is 170 Å². The van der Waals surface area contributed by atoms with Gasteiger partial charge in [-0.15, -0.1) is 0 Å². The summed E-state index contributed by atoms with van der Waals surface area (Å²) in [5.74, 6) is 2.31. The van der Waals surface area contributed by atoms with Gasteiger partial charge in [-0.25, -0.2) is 0 Å². The fourth-order valence-electron chi connectivity index (χ4n) is 2.85. The van der Waals surface area contributed by atoms with Gasteiger partial charge in [0.05, 0.1) is 6.42 Å². The molecule has 154 valence electrons. The molecule has 3 aromatic rings. The molecule has 0 saturated carbocycles. The Bertz CT molecular complexity index is 906. The highest BCUT2D eigenvalue weighted by Crippen LogP contribution is 2.24. The van der Waals surface area contributed by atoms with Crippen LogP contribution in [0, 0.1) is 0 Å². The van der Waals surface area contributed by atoms with Crippen molar-refractivity contribution in [2.24, 2.45) is 0 Å². The lowest BCUT2D eigenvalue weighted by atomic mass is 10.2. The highest BCUT2D eigenvalue weighted by molar-refractivity contribution is 5.84. The van der Waals surface area contributed by atoms with E-state index in [-0.39, 0.29) is 12.4 Å². The number of benzene rings is 2. The zero-order chi connectivity index (χ0) is 20.5. The van der Waals surface area contributed by atoms with Gasteiger partial charge in [0.15, 0.2) is 0 Å². The first-order valence-corrected chi connectivity index (χ1v) is 9.87. The van der Waals surface area contributed by atoms with Crippen molar-refractivity contribution in [3.63, 3.8) is 0 Å². The maximum atomic E-state index is 11.6. The average molecular weight is 397 g/mol. The summed E-state index contributed by atoms with van der Waals surface area (Å²) >= 11 is 0. The van der Waals surface area contributed by atoms with Crippen LogP contribution in [0.15, 0.2) is 59.0 Å². The summed E-state index contributed by atoms with van der Waals surface area (Å²) in [6.45, 7) is 3.57. The van der Waals surface area contributed by atoms with Crippen LogP contribution in [0.2, 0.25) is 0 Å². The molecule has 0 amide bonds. The summed E-state index contributed by atoms with van der Waals surface area (Å²) in [5, 5.41) is 14.0. The molecule has 0 aliphatic heterocycles. The van der Waals surface area contributed by atoms with Crippen molar-refractivity contribution >= 4 is 16.8 Å². The Kier molecular flexibility index (Phi) is 7.67. The van der Waals surface area contributed by atoms with Crippen molar-refractivity contribution in [1.82, 2.24) is 5.32 Å². The Morgan fingerprint density at radius 3 is 2.72 bits per heavy atom. The number of Topliss-reactive ketones (excluding diaryl/α,β-unsaturated/α-hetero) is 1. The molecule has 1 aromatic heterocycles. The van der Waals surface area contributed by atoms with Crippen molar-refractivity contribution in [2.75, 3.05) is 26.3 Å². The van der Waals surface area contributed by atoms with E-state index in [4.69, 9.17) is 13.9 Å². The van der Waals surface area contributed by atoms with Crippen LogP contribution in [0.1, 0.15) is 19.1 Å². The molecule has 6 heteroatoms. The largest absolute Gasteiger partial charge is 0.492 e. The fourth-order valence-corrected chi connectivity index (χ4v) is 2.85. The van der Waals surface area contributed by atoms with E-state index in [0.29, 0.717) is 38.3 Å². The van der Waals surface area contributed by atoms with Crippen LogP contribution in [0.3, 0.4) is 0 Å².